The van der Waals surface area contributed by atoms with Gasteiger partial charge in [0.25, 0.3) is 0 Å². The molecule has 70 valence electrons. The summed E-state index contributed by atoms with van der Waals surface area (Å²) in [5, 5.41) is 3.20. The van der Waals surface area contributed by atoms with Gasteiger partial charge >= 0.3 is 5.97 Å². The van der Waals surface area contributed by atoms with Crippen molar-refractivity contribution in [3.63, 3.8) is 0 Å². The molecular formula is C9H17NO2. The van der Waals surface area contributed by atoms with Crippen molar-refractivity contribution in [3.05, 3.63) is 0 Å². The van der Waals surface area contributed by atoms with E-state index in [4.69, 9.17) is 4.74 Å². The monoisotopic (exact) mass is 171 g/mol. The molecule has 3 nitrogen and oxygen atoms in total. The second-order valence-electron chi connectivity index (χ2n) is 3.18. The van der Waals surface area contributed by atoms with E-state index in [9.17, 15) is 4.79 Å². The summed E-state index contributed by atoms with van der Waals surface area (Å²) in [6.45, 7) is 3.14. The number of rotatable bonds is 5. The lowest BCUT2D eigenvalue weighted by Crippen LogP contribution is -2.29. The first-order valence-electron chi connectivity index (χ1n) is 4.76. The smallest absolute Gasteiger partial charge is 0.307 e. The second kappa shape index (κ2) is 5.14. The summed E-state index contributed by atoms with van der Waals surface area (Å²) in [5.41, 5.74) is 0. The number of nitrogens with one attached hydrogen (secondary N) is 1. The van der Waals surface area contributed by atoms with Crippen molar-refractivity contribution in [1.82, 2.24) is 5.32 Å². The average Bonchev–Trinajstić information content (AvgIpc) is 2.45. The highest BCUT2D eigenvalue weighted by Crippen LogP contribution is 2.10. The quantitative estimate of drug-likeness (QED) is 0.502. The van der Waals surface area contributed by atoms with Gasteiger partial charge in [-0.1, -0.05) is 19.8 Å². The fourth-order valence-electron chi connectivity index (χ4n) is 1.31. The normalized spacial score (nSPS) is 22.8. The van der Waals surface area contributed by atoms with Crippen molar-refractivity contribution in [2.75, 3.05) is 6.54 Å². The number of hydrogen-bond donors (Lipinski definition) is 1. The van der Waals surface area contributed by atoms with Crippen LogP contribution < -0.4 is 5.32 Å². The number of carbonyl (C=O) groups is 1. The summed E-state index contributed by atoms with van der Waals surface area (Å²) in [6.07, 6.45) is 5.05. The molecule has 0 aromatic rings. The molecule has 1 aliphatic rings. The van der Waals surface area contributed by atoms with Gasteiger partial charge < -0.3 is 4.74 Å². The van der Waals surface area contributed by atoms with E-state index < -0.39 is 0 Å². The molecular weight excluding hydrogens is 154 g/mol. The van der Waals surface area contributed by atoms with Crippen LogP contribution in [0.3, 0.4) is 0 Å². The molecule has 12 heavy (non-hydrogen) atoms. The van der Waals surface area contributed by atoms with Crippen molar-refractivity contribution in [3.8, 4) is 0 Å². The molecule has 1 heterocycles. The van der Waals surface area contributed by atoms with Gasteiger partial charge in [0.2, 0.25) is 0 Å². The van der Waals surface area contributed by atoms with Crippen LogP contribution in [0.2, 0.25) is 0 Å². The zero-order chi connectivity index (χ0) is 8.81. The minimum Gasteiger partial charge on any atom is -0.447 e. The van der Waals surface area contributed by atoms with Crippen molar-refractivity contribution < 1.29 is 9.53 Å². The van der Waals surface area contributed by atoms with Gasteiger partial charge in [-0.25, -0.2) is 0 Å². The summed E-state index contributed by atoms with van der Waals surface area (Å²) >= 11 is 0. The molecule has 0 saturated carbocycles. The van der Waals surface area contributed by atoms with Crippen molar-refractivity contribution in [1.29, 1.82) is 0 Å². The number of unbranched alkanes of at least 4 members (excludes halogenated alkanes) is 2. The predicted octanol–water partition coefficient (Wildman–Crippen LogP) is 1.43. The lowest BCUT2D eigenvalue weighted by molar-refractivity contribution is -0.142. The Balaban J connectivity index is 1.97. The summed E-state index contributed by atoms with van der Waals surface area (Å²) in [5.74, 6) is -0.0667. The Kier molecular flexibility index (Phi) is 4.08. The Bertz CT molecular complexity index is 147. The van der Waals surface area contributed by atoms with Gasteiger partial charge in [-0.05, 0) is 13.0 Å². The van der Waals surface area contributed by atoms with Gasteiger partial charge in [0.15, 0.2) is 6.23 Å². The predicted molar refractivity (Wildman–Crippen MR) is 46.6 cm³/mol. The van der Waals surface area contributed by atoms with E-state index in [-0.39, 0.29) is 12.2 Å². The minimum absolute atomic E-state index is 0.00523. The first-order valence-corrected chi connectivity index (χ1v) is 4.76. The molecule has 3 heteroatoms. The molecule has 1 unspecified atom stereocenters. The number of hydrogen-bond acceptors (Lipinski definition) is 3. The molecule has 0 amide bonds. The molecule has 0 aromatic heterocycles. The highest BCUT2D eigenvalue weighted by atomic mass is 16.6. The Labute approximate surface area is 73.5 Å². The van der Waals surface area contributed by atoms with E-state index in [2.05, 4.69) is 12.2 Å². The third kappa shape index (κ3) is 3.22. The lowest BCUT2D eigenvalue weighted by atomic mass is 10.2. The summed E-state index contributed by atoms with van der Waals surface area (Å²) < 4.78 is 4.99. The molecule has 1 aliphatic heterocycles. The summed E-state index contributed by atoms with van der Waals surface area (Å²) in [4.78, 5) is 10.7. The topological polar surface area (TPSA) is 38.3 Å². The fourth-order valence-corrected chi connectivity index (χ4v) is 1.31. The van der Waals surface area contributed by atoms with Crippen molar-refractivity contribution >= 4 is 5.97 Å². The Morgan fingerprint density at radius 1 is 1.58 bits per heavy atom. The summed E-state index contributed by atoms with van der Waals surface area (Å²) in [6, 6.07) is 0. The molecule has 1 saturated heterocycles. The van der Waals surface area contributed by atoms with Crippen LogP contribution in [0, 0.1) is 0 Å². The van der Waals surface area contributed by atoms with Crippen LogP contribution in [0.15, 0.2) is 0 Å². The zero-order valence-electron chi connectivity index (χ0n) is 7.64. The maximum absolute atomic E-state index is 10.7. The Morgan fingerprint density at radius 3 is 3.00 bits per heavy atom. The van der Waals surface area contributed by atoms with Gasteiger partial charge in [-0.3, -0.25) is 10.1 Å². The number of ether oxygens (including phenoxy) is 1. The lowest BCUT2D eigenvalue weighted by Gasteiger charge is -2.10. The standard InChI is InChI=1S/C9H17NO2/c1-2-3-4-7-10-8-5-6-9(11)12-8/h8,10H,2-7H2,1H3. The minimum atomic E-state index is -0.0667. The third-order valence-electron chi connectivity index (χ3n) is 2.04. The van der Waals surface area contributed by atoms with Crippen molar-refractivity contribution in [2.24, 2.45) is 0 Å². The maximum atomic E-state index is 10.7. The Hall–Kier alpha value is -0.570. The van der Waals surface area contributed by atoms with Gasteiger partial charge in [-0.15, -0.1) is 0 Å². The molecule has 1 rings (SSSR count). The molecule has 1 atom stereocenters. The van der Waals surface area contributed by atoms with E-state index in [0.29, 0.717) is 6.42 Å². The molecule has 0 bridgehead atoms. The van der Waals surface area contributed by atoms with E-state index >= 15 is 0 Å². The van der Waals surface area contributed by atoms with Crippen LogP contribution in [-0.4, -0.2) is 18.7 Å². The fraction of sp³-hybridized carbons (Fsp3) is 0.889. The first-order chi connectivity index (χ1) is 5.83. The first kappa shape index (κ1) is 9.52. The molecule has 0 aromatic carbocycles. The molecule has 1 fully saturated rings. The highest BCUT2D eigenvalue weighted by molar-refractivity contribution is 5.71. The largest absolute Gasteiger partial charge is 0.447 e. The van der Waals surface area contributed by atoms with Crippen LogP contribution in [0.5, 0.6) is 0 Å². The van der Waals surface area contributed by atoms with Gasteiger partial charge in [-0.2, -0.15) is 0 Å². The van der Waals surface area contributed by atoms with Crippen LogP contribution >= 0.6 is 0 Å². The van der Waals surface area contributed by atoms with Crippen LogP contribution in [0.1, 0.15) is 39.0 Å². The molecule has 1 N–H and O–H groups in total. The maximum Gasteiger partial charge on any atom is 0.307 e. The number of esters is 1. The molecule has 0 radical (unpaired) electrons. The van der Waals surface area contributed by atoms with E-state index in [1.807, 2.05) is 0 Å². The second-order valence-corrected chi connectivity index (χ2v) is 3.18. The highest BCUT2D eigenvalue weighted by Gasteiger charge is 2.21. The third-order valence-corrected chi connectivity index (χ3v) is 2.04. The van der Waals surface area contributed by atoms with Gasteiger partial charge in [0.1, 0.15) is 0 Å². The summed E-state index contributed by atoms with van der Waals surface area (Å²) in [7, 11) is 0. The number of cyclic esters (lactones) is 1. The van der Waals surface area contributed by atoms with Gasteiger partial charge in [0, 0.05) is 6.42 Å². The van der Waals surface area contributed by atoms with E-state index in [1.54, 1.807) is 0 Å². The molecule has 0 aliphatic carbocycles. The van der Waals surface area contributed by atoms with Crippen LogP contribution in [-0.2, 0) is 9.53 Å². The van der Waals surface area contributed by atoms with Crippen molar-refractivity contribution in [2.45, 2.75) is 45.3 Å². The Morgan fingerprint density at radius 2 is 2.42 bits per heavy atom. The van der Waals surface area contributed by atoms with Gasteiger partial charge in [0.05, 0.1) is 6.42 Å². The zero-order valence-corrected chi connectivity index (χ0v) is 7.64. The van der Waals surface area contributed by atoms with Crippen LogP contribution in [0.4, 0.5) is 0 Å². The number of carbonyl (C=O) groups excluding carboxylic acids is 1. The van der Waals surface area contributed by atoms with Crippen LogP contribution in [0.25, 0.3) is 0 Å². The average molecular weight is 171 g/mol. The molecule has 0 spiro atoms. The van der Waals surface area contributed by atoms with E-state index in [0.717, 1.165) is 13.0 Å². The SMILES string of the molecule is CCCCCNC1CCC(=O)O1. The van der Waals surface area contributed by atoms with E-state index in [1.165, 1.54) is 19.3 Å².